The quantitative estimate of drug-likeness (QED) is 0.0887. The van der Waals surface area contributed by atoms with Crippen molar-refractivity contribution in [1.29, 1.82) is 0 Å². The number of thiophene rings is 1. The van der Waals surface area contributed by atoms with Crippen molar-refractivity contribution in [2.75, 3.05) is 5.75 Å². The second-order valence-corrected chi connectivity index (χ2v) is 13.4. The summed E-state index contributed by atoms with van der Waals surface area (Å²) in [6.45, 7) is 6.07. The molecule has 47 heavy (non-hydrogen) atoms. The van der Waals surface area contributed by atoms with E-state index in [1.54, 1.807) is 4.57 Å². The molecule has 0 radical (unpaired) electrons. The number of hydrogen-bond donors (Lipinski definition) is 0. The Morgan fingerprint density at radius 1 is 0.809 bits per heavy atom. The Bertz CT molecular complexity index is 2230. The van der Waals surface area contributed by atoms with Gasteiger partial charge in [-0.15, -0.1) is 11.3 Å². The molecule has 0 spiro atoms. The molecular weight excluding hydrogens is 619 g/mol. The molecule has 4 aromatic carbocycles. The topological polar surface area (TPSA) is 56.9 Å². The molecule has 3 aromatic heterocycles. The summed E-state index contributed by atoms with van der Waals surface area (Å²) in [4.78, 5) is 34.0. The minimum atomic E-state index is -0.133. The number of fused-ring (bicyclic) bond motifs is 1. The van der Waals surface area contributed by atoms with Gasteiger partial charge in [0.25, 0.3) is 5.56 Å². The number of benzene rings is 4. The van der Waals surface area contributed by atoms with E-state index in [1.165, 1.54) is 23.1 Å². The van der Waals surface area contributed by atoms with Gasteiger partial charge in [0.05, 0.1) is 22.9 Å². The fraction of sp³-hybridized carbons (Fsp3) is 0.125. The number of para-hydroxylation sites is 1. The molecule has 5 nitrogen and oxygen atoms in total. The third-order valence-corrected chi connectivity index (χ3v) is 10.4. The Hall–Kier alpha value is -4.98. The molecule has 0 saturated carbocycles. The number of rotatable bonds is 9. The minimum Gasteiger partial charge on any atom is -0.337 e. The highest BCUT2D eigenvalue weighted by Gasteiger charge is 2.25. The zero-order chi connectivity index (χ0) is 32.5. The Morgan fingerprint density at radius 2 is 1.40 bits per heavy atom. The van der Waals surface area contributed by atoms with E-state index in [4.69, 9.17) is 4.98 Å². The van der Waals surface area contributed by atoms with E-state index in [0.29, 0.717) is 20.9 Å². The Balaban J connectivity index is 1.27. The number of carbonyl (C=O) groups excluding carboxylic acids is 1. The number of hydrogen-bond acceptors (Lipinski definition) is 5. The molecule has 0 bridgehead atoms. The van der Waals surface area contributed by atoms with Gasteiger partial charge >= 0.3 is 0 Å². The number of aryl methyl sites for hydroxylation is 2. The molecule has 0 unspecified atom stereocenters. The van der Waals surface area contributed by atoms with Crippen LogP contribution in [0.2, 0.25) is 0 Å². The lowest BCUT2D eigenvalue weighted by molar-refractivity contribution is 0.102. The van der Waals surface area contributed by atoms with Crippen molar-refractivity contribution < 1.29 is 4.79 Å². The van der Waals surface area contributed by atoms with Crippen LogP contribution in [-0.4, -0.2) is 25.7 Å². The Kier molecular flexibility index (Phi) is 8.50. The fourth-order valence-corrected chi connectivity index (χ4v) is 8.23. The lowest BCUT2D eigenvalue weighted by atomic mass is 9.98. The number of nitrogens with zero attached hydrogens (tertiary/aromatic N) is 3. The number of Topliss-reactive ketones (excluding diaryl/α,β-unsaturated/α-hetero) is 1. The van der Waals surface area contributed by atoms with Gasteiger partial charge in [-0.3, -0.25) is 14.2 Å². The van der Waals surface area contributed by atoms with Crippen molar-refractivity contribution in [1.82, 2.24) is 14.1 Å². The summed E-state index contributed by atoms with van der Waals surface area (Å²) in [6, 6.07) is 40.5. The lowest BCUT2D eigenvalue weighted by Gasteiger charge is -2.24. The van der Waals surface area contributed by atoms with Gasteiger partial charge in [0.15, 0.2) is 10.9 Å². The Morgan fingerprint density at radius 3 is 2.04 bits per heavy atom. The largest absolute Gasteiger partial charge is 0.337 e. The van der Waals surface area contributed by atoms with Crippen molar-refractivity contribution in [3.05, 3.63) is 171 Å². The monoisotopic (exact) mass is 651 g/mol. The zero-order valence-corrected chi connectivity index (χ0v) is 28.0. The summed E-state index contributed by atoms with van der Waals surface area (Å²) in [5.41, 5.74) is 8.34. The first-order valence-corrected chi connectivity index (χ1v) is 17.4. The van der Waals surface area contributed by atoms with Crippen LogP contribution in [0.5, 0.6) is 0 Å². The van der Waals surface area contributed by atoms with Crippen LogP contribution in [0.3, 0.4) is 0 Å². The molecule has 7 aromatic rings. The molecule has 0 saturated heterocycles. The third-order valence-electron chi connectivity index (χ3n) is 8.62. The summed E-state index contributed by atoms with van der Waals surface area (Å²) in [6.07, 6.45) is 0. The molecule has 0 aliphatic carbocycles. The van der Waals surface area contributed by atoms with Gasteiger partial charge in [0.1, 0.15) is 4.83 Å². The van der Waals surface area contributed by atoms with Gasteiger partial charge in [-0.2, -0.15) is 0 Å². The smallest absolute Gasteiger partial charge is 0.268 e. The van der Waals surface area contributed by atoms with Gasteiger partial charge in [0, 0.05) is 27.9 Å². The zero-order valence-electron chi connectivity index (χ0n) is 26.4. The maximum atomic E-state index is 14.3. The van der Waals surface area contributed by atoms with E-state index in [9.17, 15) is 9.59 Å². The SMILES string of the molecule is Cc1ccccc1-n1c(SCC(=O)c2cc(C)n(C(c3ccccc3)c3ccccc3)c2C)nc2scc(-c3ccccc3)c2c1=O. The van der Waals surface area contributed by atoms with E-state index in [1.807, 2.05) is 92.0 Å². The van der Waals surface area contributed by atoms with E-state index in [2.05, 4.69) is 60.0 Å². The maximum Gasteiger partial charge on any atom is 0.268 e. The average Bonchev–Trinajstić information content (AvgIpc) is 3.66. The second-order valence-electron chi connectivity index (χ2n) is 11.6. The second kappa shape index (κ2) is 13.0. The van der Waals surface area contributed by atoms with E-state index < -0.39 is 0 Å². The predicted molar refractivity (Wildman–Crippen MR) is 194 cm³/mol. The normalized spacial score (nSPS) is 11.4. The van der Waals surface area contributed by atoms with Gasteiger partial charge in [0.2, 0.25) is 0 Å². The summed E-state index contributed by atoms with van der Waals surface area (Å²) in [5.74, 6) is 0.142. The van der Waals surface area contributed by atoms with Crippen LogP contribution in [0.15, 0.2) is 137 Å². The number of aromatic nitrogens is 3. The van der Waals surface area contributed by atoms with Crippen LogP contribution in [0.4, 0.5) is 0 Å². The number of carbonyl (C=O) groups is 1. The highest BCUT2D eigenvalue weighted by atomic mass is 32.2. The third kappa shape index (κ3) is 5.77. The summed E-state index contributed by atoms with van der Waals surface area (Å²) >= 11 is 2.77. The Labute approximate surface area is 282 Å². The predicted octanol–water partition coefficient (Wildman–Crippen LogP) is 9.45. The van der Waals surface area contributed by atoms with Crippen LogP contribution in [-0.2, 0) is 0 Å². The number of thioether (sulfide) groups is 1. The van der Waals surface area contributed by atoms with Gasteiger partial charge in [-0.05, 0) is 55.2 Å². The van der Waals surface area contributed by atoms with Crippen LogP contribution in [0.1, 0.15) is 44.5 Å². The standard InChI is InChI=1S/C40H33N3O2S2/c1-26-15-13-14-22-34(26)43-39(45)36-33(29-16-7-4-8-17-29)24-46-38(36)41-40(43)47-25-35(44)32-23-27(2)42(28(32)3)37(30-18-9-5-10-19-30)31-20-11-6-12-21-31/h4-24,37H,25H2,1-3H3. The minimum absolute atomic E-state index is 0.00365. The van der Waals surface area contributed by atoms with Gasteiger partial charge in [-0.1, -0.05) is 121 Å². The average molecular weight is 652 g/mol. The summed E-state index contributed by atoms with van der Waals surface area (Å²) in [7, 11) is 0. The molecule has 232 valence electrons. The molecule has 0 N–H and O–H groups in total. The molecular formula is C40H33N3O2S2. The van der Waals surface area contributed by atoms with Crippen molar-refractivity contribution in [2.24, 2.45) is 0 Å². The lowest BCUT2D eigenvalue weighted by Crippen LogP contribution is -2.22. The van der Waals surface area contributed by atoms with Crippen molar-refractivity contribution in [2.45, 2.75) is 32.0 Å². The van der Waals surface area contributed by atoms with Crippen LogP contribution in [0.25, 0.3) is 27.0 Å². The first-order chi connectivity index (χ1) is 22.9. The number of ketones is 1. The van der Waals surface area contributed by atoms with Crippen LogP contribution >= 0.6 is 23.1 Å². The van der Waals surface area contributed by atoms with Crippen LogP contribution < -0.4 is 5.56 Å². The van der Waals surface area contributed by atoms with Crippen molar-refractivity contribution in [3.63, 3.8) is 0 Å². The molecule has 0 aliphatic rings. The molecule has 0 aliphatic heterocycles. The first-order valence-electron chi connectivity index (χ1n) is 15.5. The van der Waals surface area contributed by atoms with E-state index in [-0.39, 0.29) is 23.1 Å². The fourth-order valence-electron chi connectivity index (χ4n) is 6.35. The van der Waals surface area contributed by atoms with Crippen LogP contribution in [0, 0.1) is 20.8 Å². The molecule has 3 heterocycles. The maximum absolute atomic E-state index is 14.3. The molecule has 7 rings (SSSR count). The highest BCUT2D eigenvalue weighted by Crippen LogP contribution is 2.35. The molecule has 0 atom stereocenters. The summed E-state index contributed by atoms with van der Waals surface area (Å²) in [5, 5.41) is 3.10. The van der Waals surface area contributed by atoms with Crippen molar-refractivity contribution >= 4 is 39.1 Å². The van der Waals surface area contributed by atoms with Gasteiger partial charge in [-0.25, -0.2) is 4.98 Å². The van der Waals surface area contributed by atoms with E-state index in [0.717, 1.165) is 44.9 Å². The highest BCUT2D eigenvalue weighted by molar-refractivity contribution is 7.99. The molecule has 0 amide bonds. The van der Waals surface area contributed by atoms with E-state index >= 15 is 0 Å². The molecule has 0 fully saturated rings. The first kappa shape index (κ1) is 30.7. The molecule has 7 heteroatoms. The summed E-state index contributed by atoms with van der Waals surface area (Å²) < 4.78 is 3.94. The van der Waals surface area contributed by atoms with Crippen molar-refractivity contribution in [3.8, 4) is 16.8 Å². The van der Waals surface area contributed by atoms with Gasteiger partial charge < -0.3 is 4.57 Å².